The molecule has 0 amide bonds. The monoisotopic (exact) mass is 552 g/mol. The van der Waals surface area contributed by atoms with Crippen LogP contribution in [0.15, 0.2) is 54.9 Å². The molecule has 4 heterocycles. The maximum Gasteiger partial charge on any atom is 0.285 e. The standard InChI is InChI=1S/C28H33ClN6O2S/c1-34-13-15-35(16-14-34)26-11-8-19(18-30-26)21-5-4-12-31-28(21,29)37-20-9-10-23-25(17-20)38-27(33-23)32-22-6-2-3-7-24(22)36/h4-5,8-12,17-18,22,24,31,36H,2-3,6-7,13-16H2,1H3,(H,32,33)/t22-,24-,28?/m1/s1. The molecule has 2 aliphatic heterocycles. The molecule has 38 heavy (non-hydrogen) atoms. The van der Waals surface area contributed by atoms with Crippen LogP contribution in [0.25, 0.3) is 15.8 Å². The largest absolute Gasteiger partial charge is 0.450 e. The summed E-state index contributed by atoms with van der Waals surface area (Å²) in [5, 5.41) is 16.5. The molecular formula is C28H33ClN6O2S. The highest BCUT2D eigenvalue weighted by molar-refractivity contribution is 7.22. The Balaban J connectivity index is 1.18. The zero-order chi connectivity index (χ0) is 26.1. The lowest BCUT2D eigenvalue weighted by molar-refractivity contribution is 0.116. The van der Waals surface area contributed by atoms with E-state index in [-0.39, 0.29) is 12.1 Å². The van der Waals surface area contributed by atoms with Crippen LogP contribution in [0, 0.1) is 0 Å². The Hall–Kier alpha value is -2.85. The minimum atomic E-state index is -1.28. The van der Waals surface area contributed by atoms with Gasteiger partial charge in [-0.25, -0.2) is 9.97 Å². The quantitative estimate of drug-likeness (QED) is 0.301. The number of ether oxygens (including phenoxy) is 1. The van der Waals surface area contributed by atoms with Gasteiger partial charge in [0.2, 0.25) is 0 Å². The summed E-state index contributed by atoms with van der Waals surface area (Å²) >= 11 is 8.62. The Morgan fingerprint density at radius 2 is 2.00 bits per heavy atom. The lowest BCUT2D eigenvalue weighted by Crippen LogP contribution is -2.45. The van der Waals surface area contributed by atoms with E-state index < -0.39 is 5.18 Å². The van der Waals surface area contributed by atoms with Crippen LogP contribution in [0.2, 0.25) is 0 Å². The fourth-order valence-corrected chi connectivity index (χ4v) is 6.53. The molecule has 2 aromatic heterocycles. The van der Waals surface area contributed by atoms with E-state index in [2.05, 4.69) is 39.6 Å². The molecule has 1 saturated carbocycles. The van der Waals surface area contributed by atoms with Crippen molar-refractivity contribution in [2.75, 3.05) is 43.4 Å². The Morgan fingerprint density at radius 3 is 2.79 bits per heavy atom. The number of pyridine rings is 1. The number of benzene rings is 1. The summed E-state index contributed by atoms with van der Waals surface area (Å²) in [6.07, 6.45) is 11.2. The second-order valence-corrected chi connectivity index (χ2v) is 11.8. The molecule has 3 aromatic rings. The number of fused-ring (bicyclic) bond motifs is 1. The zero-order valence-corrected chi connectivity index (χ0v) is 23.0. The maximum atomic E-state index is 10.3. The van der Waals surface area contributed by atoms with Gasteiger partial charge >= 0.3 is 0 Å². The van der Waals surface area contributed by atoms with Gasteiger partial charge in [-0.1, -0.05) is 24.2 Å². The Kier molecular flexibility index (Phi) is 7.18. The summed E-state index contributed by atoms with van der Waals surface area (Å²) < 4.78 is 7.35. The van der Waals surface area contributed by atoms with Crippen molar-refractivity contribution in [3.8, 4) is 5.75 Å². The Labute approximate surface area is 232 Å². The van der Waals surface area contributed by atoms with E-state index >= 15 is 0 Å². The number of rotatable bonds is 6. The van der Waals surface area contributed by atoms with Crippen molar-refractivity contribution < 1.29 is 9.84 Å². The van der Waals surface area contributed by atoms with Gasteiger partial charge in [0, 0.05) is 49.7 Å². The second kappa shape index (κ2) is 10.7. The molecule has 10 heteroatoms. The Bertz CT molecular complexity index is 1340. The minimum absolute atomic E-state index is 0.0494. The highest BCUT2D eigenvalue weighted by atomic mass is 35.5. The number of halogens is 1. The summed E-state index contributed by atoms with van der Waals surface area (Å²) in [7, 11) is 2.15. The van der Waals surface area contributed by atoms with Crippen LogP contribution in [0.4, 0.5) is 10.9 Å². The third-order valence-corrected chi connectivity index (χ3v) is 8.86. The van der Waals surface area contributed by atoms with Gasteiger partial charge in [-0.2, -0.15) is 0 Å². The van der Waals surface area contributed by atoms with Crippen LogP contribution >= 0.6 is 22.9 Å². The molecular weight excluding hydrogens is 520 g/mol. The smallest absolute Gasteiger partial charge is 0.285 e. The minimum Gasteiger partial charge on any atom is -0.450 e. The van der Waals surface area contributed by atoms with Crippen molar-refractivity contribution in [2.45, 2.75) is 43.0 Å². The van der Waals surface area contributed by atoms with Crippen molar-refractivity contribution >= 4 is 49.7 Å². The number of likely N-dealkylation sites (N-methyl/N-ethyl adjacent to an activating group) is 1. The number of aliphatic hydroxyl groups excluding tert-OH is 1. The lowest BCUT2D eigenvalue weighted by Gasteiger charge is -2.34. The van der Waals surface area contributed by atoms with Gasteiger partial charge in [0.15, 0.2) is 5.13 Å². The number of aliphatic hydroxyl groups is 1. The average Bonchev–Trinajstić information content (AvgIpc) is 3.32. The molecule has 0 bridgehead atoms. The molecule has 200 valence electrons. The van der Waals surface area contributed by atoms with E-state index in [1.165, 1.54) is 0 Å². The molecule has 1 aliphatic carbocycles. The van der Waals surface area contributed by atoms with Gasteiger partial charge in [-0.15, -0.1) is 0 Å². The maximum absolute atomic E-state index is 10.3. The molecule has 2 fully saturated rings. The molecule has 1 unspecified atom stereocenters. The number of thiazole rings is 1. The summed E-state index contributed by atoms with van der Waals surface area (Å²) in [5.41, 5.74) is 2.57. The predicted molar refractivity (Wildman–Crippen MR) is 155 cm³/mol. The molecule has 6 rings (SSSR count). The predicted octanol–water partition coefficient (Wildman–Crippen LogP) is 4.63. The molecule has 0 radical (unpaired) electrons. The summed E-state index contributed by atoms with van der Waals surface area (Å²) in [6.45, 7) is 4.01. The van der Waals surface area contributed by atoms with Crippen LogP contribution in [0.1, 0.15) is 31.2 Å². The molecule has 3 atom stereocenters. The third-order valence-electron chi connectivity index (χ3n) is 7.52. The number of anilines is 2. The van der Waals surface area contributed by atoms with Gasteiger partial charge in [0.1, 0.15) is 11.6 Å². The SMILES string of the molecule is CN1CCN(c2ccc(C3=CC=CNC3(Cl)Oc3ccc4nc(N[C@@H]5CCCC[C@H]5O)sc4c3)cn2)CC1. The van der Waals surface area contributed by atoms with Crippen LogP contribution in [-0.2, 0) is 0 Å². The first-order valence-electron chi connectivity index (χ1n) is 13.2. The Morgan fingerprint density at radius 1 is 1.16 bits per heavy atom. The van der Waals surface area contributed by atoms with Crippen LogP contribution < -0.4 is 20.3 Å². The summed E-state index contributed by atoms with van der Waals surface area (Å²) in [5.74, 6) is 1.61. The molecule has 8 nitrogen and oxygen atoms in total. The van der Waals surface area contributed by atoms with E-state index in [1.807, 2.05) is 36.5 Å². The van der Waals surface area contributed by atoms with Gasteiger partial charge in [-0.3, -0.25) is 0 Å². The van der Waals surface area contributed by atoms with Gasteiger partial charge in [-0.05, 0) is 74.0 Å². The number of alkyl halides is 1. The zero-order valence-electron chi connectivity index (χ0n) is 21.4. The first-order valence-corrected chi connectivity index (χ1v) is 14.4. The summed E-state index contributed by atoms with van der Waals surface area (Å²) in [4.78, 5) is 14.1. The summed E-state index contributed by atoms with van der Waals surface area (Å²) in [6, 6.07) is 9.95. The van der Waals surface area contributed by atoms with Crippen molar-refractivity contribution in [1.29, 1.82) is 0 Å². The van der Waals surface area contributed by atoms with E-state index in [9.17, 15) is 5.11 Å². The van der Waals surface area contributed by atoms with Crippen molar-refractivity contribution in [3.05, 3.63) is 60.4 Å². The number of piperazine rings is 1. The lowest BCUT2D eigenvalue weighted by atomic mass is 9.93. The molecule has 1 saturated heterocycles. The highest BCUT2D eigenvalue weighted by Gasteiger charge is 2.36. The number of nitrogens with zero attached hydrogens (tertiary/aromatic N) is 4. The number of hydrogen-bond acceptors (Lipinski definition) is 9. The fourth-order valence-electron chi connectivity index (χ4n) is 5.25. The van der Waals surface area contributed by atoms with Crippen LogP contribution in [0.5, 0.6) is 5.75 Å². The van der Waals surface area contributed by atoms with Gasteiger partial charge < -0.3 is 30.3 Å². The first-order chi connectivity index (χ1) is 18.5. The van der Waals surface area contributed by atoms with E-state index in [1.54, 1.807) is 17.5 Å². The number of hydrogen-bond donors (Lipinski definition) is 3. The molecule has 3 N–H and O–H groups in total. The molecule has 0 spiro atoms. The van der Waals surface area contributed by atoms with E-state index in [4.69, 9.17) is 26.3 Å². The first kappa shape index (κ1) is 25.4. The number of dihydropyridines is 1. The fraction of sp³-hybridized carbons (Fsp3) is 0.429. The topological polar surface area (TPSA) is 85.8 Å². The van der Waals surface area contributed by atoms with Gasteiger partial charge in [0.05, 0.1) is 22.4 Å². The van der Waals surface area contributed by atoms with E-state index in [0.29, 0.717) is 5.75 Å². The molecule has 1 aromatic carbocycles. The number of aromatic nitrogens is 2. The number of allylic oxidation sites excluding steroid dienone is 2. The normalized spacial score (nSPS) is 26.2. The van der Waals surface area contributed by atoms with Crippen LogP contribution in [0.3, 0.4) is 0 Å². The number of nitrogens with one attached hydrogen (secondary N) is 2. The second-order valence-electron chi connectivity index (χ2n) is 10.2. The van der Waals surface area contributed by atoms with Crippen molar-refractivity contribution in [1.82, 2.24) is 20.2 Å². The van der Waals surface area contributed by atoms with Gasteiger partial charge in [0.25, 0.3) is 5.18 Å². The molecule has 3 aliphatic rings. The third kappa shape index (κ3) is 5.33. The van der Waals surface area contributed by atoms with E-state index in [0.717, 1.165) is 84.2 Å². The van der Waals surface area contributed by atoms with Crippen molar-refractivity contribution in [3.63, 3.8) is 0 Å². The highest BCUT2D eigenvalue weighted by Crippen LogP contribution is 2.38. The van der Waals surface area contributed by atoms with Crippen molar-refractivity contribution in [2.24, 2.45) is 0 Å². The average molecular weight is 553 g/mol. The van der Waals surface area contributed by atoms with Crippen LogP contribution in [-0.4, -0.2) is 70.5 Å².